The summed E-state index contributed by atoms with van der Waals surface area (Å²) >= 11 is 0. The van der Waals surface area contributed by atoms with E-state index in [4.69, 9.17) is 11.3 Å². The van der Waals surface area contributed by atoms with Gasteiger partial charge in [0.05, 0.1) is 0 Å². The number of hydrogen-bond donors (Lipinski definition) is 0. The van der Waals surface area contributed by atoms with Gasteiger partial charge in [0.2, 0.25) is 0 Å². The molecular formula is C20H17F2NO2. The topological polar surface area (TPSA) is 22.8 Å². The smallest absolute Gasteiger partial charge is 0.387 e. The maximum Gasteiger partial charge on any atom is 0.387 e. The predicted molar refractivity (Wildman–Crippen MR) is 90.5 cm³/mol. The fraction of sp³-hybridized carbons (Fsp3) is 0.250. The van der Waals surface area contributed by atoms with E-state index in [1.165, 1.54) is 6.07 Å². The lowest BCUT2D eigenvalue weighted by Crippen LogP contribution is -2.17. The molecule has 0 bridgehead atoms. The Morgan fingerprint density at radius 3 is 2.40 bits per heavy atom. The fourth-order valence-electron chi connectivity index (χ4n) is 2.87. The zero-order valence-corrected chi connectivity index (χ0v) is 13.5. The second-order valence-electron chi connectivity index (χ2n) is 5.84. The van der Waals surface area contributed by atoms with Crippen LogP contribution in [0.25, 0.3) is 4.85 Å². The van der Waals surface area contributed by atoms with Gasteiger partial charge in [-0.2, -0.15) is 8.78 Å². The van der Waals surface area contributed by atoms with Crippen LogP contribution in [0.5, 0.6) is 11.5 Å². The van der Waals surface area contributed by atoms with Gasteiger partial charge in [0, 0.05) is 18.4 Å². The predicted octanol–water partition coefficient (Wildman–Crippen LogP) is 5.33. The van der Waals surface area contributed by atoms with Crippen molar-refractivity contribution < 1.29 is 18.3 Å². The molecule has 0 atom stereocenters. The van der Waals surface area contributed by atoms with Crippen LogP contribution in [0.15, 0.2) is 60.7 Å². The van der Waals surface area contributed by atoms with Gasteiger partial charge in [-0.1, -0.05) is 42.5 Å². The Morgan fingerprint density at radius 2 is 1.76 bits per heavy atom. The second kappa shape index (κ2) is 7.35. The first-order valence-electron chi connectivity index (χ1n) is 7.93. The summed E-state index contributed by atoms with van der Waals surface area (Å²) < 4.78 is 35.6. The van der Waals surface area contributed by atoms with Crippen molar-refractivity contribution in [1.29, 1.82) is 0 Å². The van der Waals surface area contributed by atoms with Gasteiger partial charge < -0.3 is 14.3 Å². The Hall–Kier alpha value is -2.87. The molecular weight excluding hydrogens is 324 g/mol. The van der Waals surface area contributed by atoms with Crippen LogP contribution in [-0.4, -0.2) is 6.61 Å². The van der Waals surface area contributed by atoms with Gasteiger partial charge in [-0.25, -0.2) is 6.57 Å². The third-order valence-corrected chi connectivity index (χ3v) is 4.23. The number of alkyl halides is 2. The zero-order chi connectivity index (χ0) is 17.7. The number of rotatable bonds is 6. The molecule has 3 rings (SSSR count). The van der Waals surface area contributed by atoms with Crippen molar-refractivity contribution in [2.24, 2.45) is 0 Å². The van der Waals surface area contributed by atoms with Crippen molar-refractivity contribution in [1.82, 2.24) is 0 Å². The summed E-state index contributed by atoms with van der Waals surface area (Å²) in [6.45, 7) is 4.84. The van der Waals surface area contributed by atoms with Crippen molar-refractivity contribution in [3.8, 4) is 11.5 Å². The summed E-state index contributed by atoms with van der Waals surface area (Å²) in [5.74, 6) is 0.192. The molecule has 0 amide bonds. The Morgan fingerprint density at radius 1 is 1.04 bits per heavy atom. The number of nitrogens with zero attached hydrogens (tertiary/aromatic N) is 1. The van der Waals surface area contributed by atoms with Crippen LogP contribution in [-0.2, 0) is 12.1 Å². The first kappa shape index (κ1) is 17.0. The molecule has 128 valence electrons. The third-order valence-electron chi connectivity index (χ3n) is 4.23. The SMILES string of the molecule is [C-]#[N+]C1(c2ccc(OC(F)F)c(OCc3ccccc3)c2)CC=CC1. The molecule has 0 saturated carbocycles. The molecule has 0 saturated heterocycles. The molecule has 0 N–H and O–H groups in total. The van der Waals surface area contributed by atoms with Gasteiger partial charge in [0.15, 0.2) is 11.5 Å². The Labute approximate surface area is 145 Å². The normalized spacial score (nSPS) is 15.1. The van der Waals surface area contributed by atoms with Gasteiger partial charge in [0.1, 0.15) is 6.61 Å². The molecule has 0 aliphatic heterocycles. The summed E-state index contributed by atoms with van der Waals surface area (Å²) in [7, 11) is 0. The van der Waals surface area contributed by atoms with Gasteiger partial charge in [-0.15, -0.1) is 0 Å². The zero-order valence-electron chi connectivity index (χ0n) is 13.5. The van der Waals surface area contributed by atoms with Crippen molar-refractivity contribution in [3.63, 3.8) is 0 Å². The van der Waals surface area contributed by atoms with Gasteiger partial charge in [-0.3, -0.25) is 0 Å². The Bertz CT molecular complexity index is 789. The highest BCUT2D eigenvalue weighted by Gasteiger charge is 2.40. The molecule has 25 heavy (non-hydrogen) atoms. The summed E-state index contributed by atoms with van der Waals surface area (Å²) in [5.41, 5.74) is 0.976. The molecule has 0 spiro atoms. The average molecular weight is 341 g/mol. The molecule has 2 aromatic rings. The van der Waals surface area contributed by atoms with Crippen LogP contribution < -0.4 is 9.47 Å². The molecule has 0 unspecified atom stereocenters. The summed E-state index contributed by atoms with van der Waals surface area (Å²) in [6.07, 6.45) is 5.13. The van der Waals surface area contributed by atoms with Crippen LogP contribution in [0.4, 0.5) is 8.78 Å². The van der Waals surface area contributed by atoms with Crippen LogP contribution >= 0.6 is 0 Å². The molecule has 5 heteroatoms. The van der Waals surface area contributed by atoms with Crippen LogP contribution in [0.2, 0.25) is 0 Å². The van der Waals surface area contributed by atoms with Gasteiger partial charge in [0.25, 0.3) is 5.54 Å². The molecule has 1 aliphatic carbocycles. The standard InChI is InChI=1S/C20H17F2NO2/c1-23-20(11-5-6-12-20)16-9-10-17(25-19(21)22)18(13-16)24-14-15-7-3-2-4-8-15/h2-10,13,19H,11-12,14H2. The number of halogens is 2. The van der Waals surface area contributed by atoms with E-state index >= 15 is 0 Å². The fourth-order valence-corrected chi connectivity index (χ4v) is 2.87. The highest BCUT2D eigenvalue weighted by molar-refractivity contribution is 5.47. The minimum absolute atomic E-state index is 0.0271. The van der Waals surface area contributed by atoms with Crippen molar-refractivity contribution in [3.05, 3.63) is 83.2 Å². The lowest BCUT2D eigenvalue weighted by molar-refractivity contribution is -0.0516. The quantitative estimate of drug-likeness (QED) is 0.523. The number of benzene rings is 2. The lowest BCUT2D eigenvalue weighted by Gasteiger charge is -2.19. The average Bonchev–Trinajstić information content (AvgIpc) is 3.11. The number of hydrogen-bond acceptors (Lipinski definition) is 2. The summed E-state index contributed by atoms with van der Waals surface area (Å²) in [4.78, 5) is 3.78. The molecule has 1 aliphatic rings. The van der Waals surface area contributed by atoms with Crippen LogP contribution in [0.1, 0.15) is 24.0 Å². The minimum atomic E-state index is -2.94. The van der Waals surface area contributed by atoms with E-state index in [0.717, 1.165) is 11.1 Å². The van der Waals surface area contributed by atoms with E-state index < -0.39 is 12.2 Å². The van der Waals surface area contributed by atoms with Crippen LogP contribution in [0.3, 0.4) is 0 Å². The van der Waals surface area contributed by atoms with E-state index in [0.29, 0.717) is 12.8 Å². The molecule has 0 heterocycles. The Kier molecular flexibility index (Phi) is 4.99. The van der Waals surface area contributed by atoms with E-state index in [-0.39, 0.29) is 18.1 Å². The Balaban J connectivity index is 1.89. The van der Waals surface area contributed by atoms with Gasteiger partial charge >= 0.3 is 6.61 Å². The molecule has 0 aromatic heterocycles. The highest BCUT2D eigenvalue weighted by Crippen LogP contribution is 2.42. The maximum absolute atomic E-state index is 12.7. The minimum Gasteiger partial charge on any atom is -0.485 e. The summed E-state index contributed by atoms with van der Waals surface area (Å²) in [6, 6.07) is 14.2. The van der Waals surface area contributed by atoms with Crippen molar-refractivity contribution >= 4 is 0 Å². The molecule has 0 radical (unpaired) electrons. The molecule has 3 nitrogen and oxygen atoms in total. The summed E-state index contributed by atoms with van der Waals surface area (Å²) in [5, 5.41) is 0. The van der Waals surface area contributed by atoms with Crippen molar-refractivity contribution in [2.45, 2.75) is 31.6 Å². The van der Waals surface area contributed by atoms with Crippen molar-refractivity contribution in [2.75, 3.05) is 0 Å². The molecule has 0 fully saturated rings. The molecule has 2 aromatic carbocycles. The highest BCUT2D eigenvalue weighted by atomic mass is 19.3. The monoisotopic (exact) mass is 341 g/mol. The van der Waals surface area contributed by atoms with Gasteiger partial charge in [-0.05, 0) is 23.8 Å². The van der Waals surface area contributed by atoms with E-state index in [2.05, 4.69) is 9.58 Å². The maximum atomic E-state index is 12.7. The van der Waals surface area contributed by atoms with Crippen LogP contribution in [0, 0.1) is 6.57 Å². The second-order valence-corrected chi connectivity index (χ2v) is 5.84. The van der Waals surface area contributed by atoms with E-state index in [1.54, 1.807) is 12.1 Å². The number of ether oxygens (including phenoxy) is 2. The first-order valence-corrected chi connectivity index (χ1v) is 7.93. The van der Waals surface area contributed by atoms with E-state index in [9.17, 15) is 8.78 Å². The third kappa shape index (κ3) is 3.80. The van der Waals surface area contributed by atoms with E-state index in [1.807, 2.05) is 42.5 Å². The lowest BCUT2D eigenvalue weighted by atomic mass is 9.88. The first-order chi connectivity index (χ1) is 12.1. The largest absolute Gasteiger partial charge is 0.485 e.